The van der Waals surface area contributed by atoms with Crippen LogP contribution in [0.2, 0.25) is 0 Å². The molecule has 6 nitrogen and oxygen atoms in total. The molecule has 4 aromatic rings. The van der Waals surface area contributed by atoms with Crippen molar-refractivity contribution in [3.05, 3.63) is 77.9 Å². The zero-order valence-corrected chi connectivity index (χ0v) is 16.8. The summed E-state index contributed by atoms with van der Waals surface area (Å²) >= 11 is 0. The van der Waals surface area contributed by atoms with Crippen LogP contribution in [-0.2, 0) is 10.0 Å². The number of halogens is 3. The highest BCUT2D eigenvalue weighted by Crippen LogP contribution is 2.35. The number of sulfonamides is 1. The van der Waals surface area contributed by atoms with E-state index in [-0.39, 0.29) is 5.56 Å². The van der Waals surface area contributed by atoms with Crippen LogP contribution in [0.5, 0.6) is 0 Å². The maximum atomic E-state index is 14.6. The van der Waals surface area contributed by atoms with Gasteiger partial charge >= 0.3 is 0 Å². The Kier molecular flexibility index (Phi) is 5.11. The van der Waals surface area contributed by atoms with E-state index in [1.807, 2.05) is 19.1 Å². The summed E-state index contributed by atoms with van der Waals surface area (Å²) in [6.45, 7) is 1.83. The molecule has 10 heteroatoms. The van der Waals surface area contributed by atoms with Crippen molar-refractivity contribution in [1.82, 2.24) is 15.2 Å². The fraction of sp³-hybridized carbons (Fsp3) is 0.0476. The molecule has 158 valence electrons. The molecule has 0 spiro atoms. The van der Waals surface area contributed by atoms with Gasteiger partial charge < -0.3 is 0 Å². The van der Waals surface area contributed by atoms with E-state index in [9.17, 15) is 21.6 Å². The van der Waals surface area contributed by atoms with Crippen molar-refractivity contribution in [3.8, 4) is 33.6 Å². The molecule has 0 bridgehead atoms. The summed E-state index contributed by atoms with van der Waals surface area (Å²) in [4.78, 5) is 3.42. The molecule has 0 fully saturated rings. The number of H-pyrrole nitrogens is 1. The molecule has 2 aromatic heterocycles. The van der Waals surface area contributed by atoms with Crippen molar-refractivity contribution in [2.45, 2.75) is 11.8 Å². The molecule has 0 amide bonds. The van der Waals surface area contributed by atoms with Gasteiger partial charge in [-0.05, 0) is 48.9 Å². The average Bonchev–Trinajstić information content (AvgIpc) is 3.19. The number of primary sulfonamides is 1. The molecule has 0 radical (unpaired) electrons. The van der Waals surface area contributed by atoms with Gasteiger partial charge in [-0.25, -0.2) is 26.7 Å². The Morgan fingerprint density at radius 2 is 1.65 bits per heavy atom. The van der Waals surface area contributed by atoms with Gasteiger partial charge in [0.25, 0.3) is 0 Å². The number of rotatable bonds is 4. The van der Waals surface area contributed by atoms with Gasteiger partial charge in [0.05, 0.1) is 5.69 Å². The van der Waals surface area contributed by atoms with Crippen LogP contribution in [-0.4, -0.2) is 23.6 Å². The van der Waals surface area contributed by atoms with E-state index in [1.54, 1.807) is 12.3 Å². The van der Waals surface area contributed by atoms with Crippen LogP contribution in [0.25, 0.3) is 33.6 Å². The summed E-state index contributed by atoms with van der Waals surface area (Å²) in [5.74, 6) is -3.23. The lowest BCUT2D eigenvalue weighted by Crippen LogP contribution is -2.14. The third-order valence-electron chi connectivity index (χ3n) is 4.67. The van der Waals surface area contributed by atoms with E-state index in [1.165, 1.54) is 12.1 Å². The summed E-state index contributed by atoms with van der Waals surface area (Å²) in [5, 5.41) is 11.8. The number of aromatic amines is 1. The van der Waals surface area contributed by atoms with Crippen molar-refractivity contribution < 1.29 is 21.6 Å². The second kappa shape index (κ2) is 7.64. The number of aryl methyl sites for hydroxylation is 1. The molecule has 0 aliphatic rings. The predicted octanol–water partition coefficient (Wildman–Crippen LogP) is 4.18. The Bertz CT molecular complexity index is 1420. The largest absolute Gasteiger partial charge is 0.284 e. The van der Waals surface area contributed by atoms with Gasteiger partial charge in [0, 0.05) is 28.6 Å². The number of hydrogen-bond acceptors (Lipinski definition) is 4. The highest BCUT2D eigenvalue weighted by molar-refractivity contribution is 7.89. The van der Waals surface area contributed by atoms with E-state index in [0.29, 0.717) is 34.6 Å². The minimum atomic E-state index is -4.48. The normalized spacial score (nSPS) is 11.6. The molecule has 0 aliphatic heterocycles. The first kappa shape index (κ1) is 20.8. The Morgan fingerprint density at radius 3 is 2.35 bits per heavy atom. The lowest BCUT2D eigenvalue weighted by molar-refractivity contribution is 0.554. The van der Waals surface area contributed by atoms with Crippen molar-refractivity contribution in [3.63, 3.8) is 0 Å². The minimum Gasteiger partial charge on any atom is -0.284 e. The molecule has 4 rings (SSSR count). The molecule has 2 aromatic carbocycles. The monoisotopic (exact) mass is 444 g/mol. The predicted molar refractivity (Wildman–Crippen MR) is 109 cm³/mol. The highest BCUT2D eigenvalue weighted by atomic mass is 32.2. The lowest BCUT2D eigenvalue weighted by Gasteiger charge is -2.10. The van der Waals surface area contributed by atoms with Crippen LogP contribution in [0.1, 0.15) is 5.69 Å². The number of nitrogens with two attached hydrogens (primary N) is 1. The number of nitrogens with zero attached hydrogens (tertiary/aromatic N) is 2. The molecular weight excluding hydrogens is 429 g/mol. The van der Waals surface area contributed by atoms with Crippen LogP contribution >= 0.6 is 0 Å². The van der Waals surface area contributed by atoms with Gasteiger partial charge in [-0.15, -0.1) is 0 Å². The Hall–Kier alpha value is -3.50. The summed E-state index contributed by atoms with van der Waals surface area (Å²) in [7, 11) is -4.48. The van der Waals surface area contributed by atoms with Gasteiger partial charge in [-0.2, -0.15) is 5.10 Å². The number of aromatic nitrogens is 3. The average molecular weight is 444 g/mol. The van der Waals surface area contributed by atoms with Gasteiger partial charge in [-0.1, -0.05) is 12.1 Å². The third-order valence-corrected chi connectivity index (χ3v) is 5.59. The minimum absolute atomic E-state index is 0.251. The molecule has 0 atom stereocenters. The molecule has 2 heterocycles. The Balaban J connectivity index is 1.86. The fourth-order valence-corrected chi connectivity index (χ4v) is 3.83. The second-order valence-electron chi connectivity index (χ2n) is 6.81. The number of benzene rings is 2. The first-order valence-electron chi connectivity index (χ1n) is 8.95. The Morgan fingerprint density at radius 1 is 0.903 bits per heavy atom. The molecule has 31 heavy (non-hydrogen) atoms. The first-order valence-corrected chi connectivity index (χ1v) is 10.5. The van der Waals surface area contributed by atoms with Crippen molar-refractivity contribution >= 4 is 10.0 Å². The van der Waals surface area contributed by atoms with Crippen LogP contribution in [0.3, 0.4) is 0 Å². The van der Waals surface area contributed by atoms with Crippen molar-refractivity contribution in [1.29, 1.82) is 0 Å². The molecule has 0 saturated carbocycles. The molecule has 3 N–H and O–H groups in total. The number of nitrogens with one attached hydrogen (secondary N) is 1. The van der Waals surface area contributed by atoms with E-state index in [2.05, 4.69) is 15.2 Å². The quantitative estimate of drug-likeness (QED) is 0.493. The van der Waals surface area contributed by atoms with E-state index < -0.39 is 37.9 Å². The zero-order valence-electron chi connectivity index (χ0n) is 16.0. The Labute approximate surface area is 175 Å². The van der Waals surface area contributed by atoms with Crippen molar-refractivity contribution in [2.24, 2.45) is 5.14 Å². The highest BCUT2D eigenvalue weighted by Gasteiger charge is 2.21. The number of hydrogen-bond donors (Lipinski definition) is 2. The van der Waals surface area contributed by atoms with Gasteiger partial charge in [0.15, 0.2) is 0 Å². The molecule has 0 saturated heterocycles. The van der Waals surface area contributed by atoms with E-state index >= 15 is 0 Å². The van der Waals surface area contributed by atoms with Crippen LogP contribution in [0.4, 0.5) is 13.2 Å². The van der Waals surface area contributed by atoms with Crippen LogP contribution in [0.15, 0.2) is 59.6 Å². The van der Waals surface area contributed by atoms with Gasteiger partial charge in [0.2, 0.25) is 10.0 Å². The molecular formula is C21H15F3N4O2S. The first-order chi connectivity index (χ1) is 14.6. The van der Waals surface area contributed by atoms with E-state index in [4.69, 9.17) is 5.14 Å². The third kappa shape index (κ3) is 3.94. The summed E-state index contributed by atoms with van der Waals surface area (Å²) in [6, 6.07) is 10.4. The van der Waals surface area contributed by atoms with Gasteiger partial charge in [-0.3, -0.25) is 10.1 Å². The topological polar surface area (TPSA) is 102 Å². The maximum Gasteiger partial charge on any atom is 0.241 e. The molecule has 0 unspecified atom stereocenters. The van der Waals surface area contributed by atoms with E-state index in [0.717, 1.165) is 11.8 Å². The summed E-state index contributed by atoms with van der Waals surface area (Å²) < 4.78 is 66.2. The van der Waals surface area contributed by atoms with Crippen LogP contribution in [0, 0.1) is 24.4 Å². The molecule has 0 aliphatic carbocycles. The summed E-state index contributed by atoms with van der Waals surface area (Å²) in [5.41, 5.74) is 2.20. The van der Waals surface area contributed by atoms with Crippen molar-refractivity contribution in [2.75, 3.05) is 0 Å². The van der Waals surface area contributed by atoms with Gasteiger partial charge in [0.1, 0.15) is 28.0 Å². The maximum absolute atomic E-state index is 14.6. The SMILES string of the molecule is Cc1cccc(-c2n[nH]cc2-c2ccc(F)c(-c3cc(F)c(S(N)(=O)=O)cc3F)c2)n1. The number of pyridine rings is 1. The fourth-order valence-electron chi connectivity index (χ4n) is 3.23. The second-order valence-corrected chi connectivity index (χ2v) is 8.34. The lowest BCUT2D eigenvalue weighted by atomic mass is 9.97. The smallest absolute Gasteiger partial charge is 0.241 e. The zero-order chi connectivity index (χ0) is 22.3. The standard InChI is InChI=1S/C21H15F3N4O2S/c1-11-3-2-4-19(27-11)21-15(10-26-28-21)12-5-6-16(22)13(7-12)14-8-18(24)20(9-17(14)23)31(25,29)30/h2-10H,1H3,(H,26,28)(H2,25,29,30). The van der Waals surface area contributed by atoms with Crippen LogP contribution < -0.4 is 5.14 Å². The summed E-state index contributed by atoms with van der Waals surface area (Å²) in [6.07, 6.45) is 1.58.